The third-order valence-electron chi connectivity index (χ3n) is 2.73. The van der Waals surface area contributed by atoms with Crippen LogP contribution in [0, 0.1) is 0 Å². The van der Waals surface area contributed by atoms with Gasteiger partial charge in [-0.05, 0) is 37.7 Å². The number of hydrogen-bond donors (Lipinski definition) is 1. The quantitative estimate of drug-likeness (QED) is 0.759. The van der Waals surface area contributed by atoms with E-state index in [1.807, 2.05) is 0 Å². The van der Waals surface area contributed by atoms with Gasteiger partial charge in [0.25, 0.3) is 0 Å². The molecule has 1 aromatic carbocycles. The Morgan fingerprint density at radius 3 is 2.29 bits per heavy atom. The first-order valence-corrected chi connectivity index (χ1v) is 5.54. The van der Waals surface area contributed by atoms with Crippen LogP contribution in [0.2, 0.25) is 0 Å². The zero-order chi connectivity index (χ0) is 10.4. The minimum Gasteiger partial charge on any atom is -0.328 e. The fourth-order valence-electron chi connectivity index (χ4n) is 1.80. The fraction of sp³-hybridized carbons (Fsp3) is 0.538. The Morgan fingerprint density at radius 1 is 1.14 bits per heavy atom. The van der Waals surface area contributed by atoms with Crippen molar-refractivity contribution in [3.8, 4) is 0 Å². The summed E-state index contributed by atoms with van der Waals surface area (Å²) in [6.07, 6.45) is 3.53. The second kappa shape index (κ2) is 5.82. The molecule has 0 heterocycles. The van der Waals surface area contributed by atoms with Crippen LogP contribution in [0.1, 0.15) is 44.6 Å². The minimum absolute atomic E-state index is 0.327. The summed E-state index contributed by atoms with van der Waals surface area (Å²) in [5.74, 6) is 0.683. The van der Waals surface area contributed by atoms with E-state index >= 15 is 0 Å². The van der Waals surface area contributed by atoms with E-state index < -0.39 is 0 Å². The van der Waals surface area contributed by atoms with Crippen molar-refractivity contribution in [2.75, 3.05) is 0 Å². The van der Waals surface area contributed by atoms with E-state index in [0.717, 1.165) is 6.42 Å². The largest absolute Gasteiger partial charge is 0.328 e. The van der Waals surface area contributed by atoms with Crippen molar-refractivity contribution in [2.24, 2.45) is 5.73 Å². The van der Waals surface area contributed by atoms with Gasteiger partial charge in [0.2, 0.25) is 0 Å². The number of rotatable bonds is 5. The lowest BCUT2D eigenvalue weighted by atomic mass is 9.91. The molecule has 0 saturated heterocycles. The Morgan fingerprint density at radius 2 is 1.79 bits per heavy atom. The average molecular weight is 191 g/mol. The monoisotopic (exact) mass is 191 g/mol. The number of hydrogen-bond acceptors (Lipinski definition) is 1. The minimum atomic E-state index is 0.327. The highest BCUT2D eigenvalue weighted by molar-refractivity contribution is 5.19. The van der Waals surface area contributed by atoms with Crippen molar-refractivity contribution < 1.29 is 0 Å². The van der Waals surface area contributed by atoms with Crippen LogP contribution in [0.25, 0.3) is 0 Å². The molecule has 14 heavy (non-hydrogen) atoms. The molecule has 1 aromatic rings. The second-order valence-electron chi connectivity index (χ2n) is 4.07. The average Bonchev–Trinajstić information content (AvgIpc) is 2.20. The summed E-state index contributed by atoms with van der Waals surface area (Å²) in [6.45, 7) is 4.33. The zero-order valence-electron chi connectivity index (χ0n) is 9.24. The standard InChI is InChI=1S/C13H21N/c1-3-12(10-9-11(2)14)13-7-5-4-6-8-13/h4-8,11-12H,3,9-10,14H2,1-2H3/t11-,12?/m1/s1. The van der Waals surface area contributed by atoms with Crippen molar-refractivity contribution in [2.45, 2.75) is 45.1 Å². The first kappa shape index (κ1) is 11.3. The summed E-state index contributed by atoms with van der Waals surface area (Å²) in [6, 6.07) is 11.1. The van der Waals surface area contributed by atoms with Gasteiger partial charge >= 0.3 is 0 Å². The maximum absolute atomic E-state index is 5.77. The Labute approximate surface area is 87.3 Å². The highest BCUT2D eigenvalue weighted by Gasteiger charge is 2.09. The molecule has 0 bridgehead atoms. The van der Waals surface area contributed by atoms with Crippen LogP contribution >= 0.6 is 0 Å². The molecule has 0 aromatic heterocycles. The first-order valence-electron chi connectivity index (χ1n) is 5.54. The molecule has 0 aliphatic carbocycles. The van der Waals surface area contributed by atoms with Gasteiger partial charge in [0, 0.05) is 6.04 Å². The molecule has 1 nitrogen and oxygen atoms in total. The lowest BCUT2D eigenvalue weighted by Crippen LogP contribution is -2.15. The number of benzene rings is 1. The third kappa shape index (κ3) is 3.51. The molecule has 78 valence electrons. The Hall–Kier alpha value is -0.820. The molecule has 0 saturated carbocycles. The maximum Gasteiger partial charge on any atom is 0.00106 e. The van der Waals surface area contributed by atoms with Gasteiger partial charge in [0.05, 0.1) is 0 Å². The molecule has 0 aliphatic heterocycles. The lowest BCUT2D eigenvalue weighted by molar-refractivity contribution is 0.532. The van der Waals surface area contributed by atoms with Crippen molar-refractivity contribution in [1.29, 1.82) is 0 Å². The predicted octanol–water partition coefficient (Wildman–Crippen LogP) is 3.31. The summed E-state index contributed by atoms with van der Waals surface area (Å²) in [5, 5.41) is 0. The van der Waals surface area contributed by atoms with Gasteiger partial charge in [-0.3, -0.25) is 0 Å². The summed E-state index contributed by atoms with van der Waals surface area (Å²) in [7, 11) is 0. The van der Waals surface area contributed by atoms with Crippen LogP contribution in [0.5, 0.6) is 0 Å². The van der Waals surface area contributed by atoms with E-state index in [9.17, 15) is 0 Å². The first-order chi connectivity index (χ1) is 6.74. The molecule has 0 aliphatic rings. The zero-order valence-corrected chi connectivity index (χ0v) is 9.24. The van der Waals surface area contributed by atoms with Crippen LogP contribution in [-0.4, -0.2) is 6.04 Å². The highest BCUT2D eigenvalue weighted by Crippen LogP contribution is 2.24. The van der Waals surface area contributed by atoms with Gasteiger partial charge in [-0.15, -0.1) is 0 Å². The summed E-state index contributed by atoms with van der Waals surface area (Å²) >= 11 is 0. The highest BCUT2D eigenvalue weighted by atomic mass is 14.6. The van der Waals surface area contributed by atoms with E-state index in [0.29, 0.717) is 12.0 Å². The van der Waals surface area contributed by atoms with Gasteiger partial charge in [-0.2, -0.15) is 0 Å². The molecule has 0 radical (unpaired) electrons. The SMILES string of the molecule is CCC(CC[C@@H](C)N)c1ccccc1. The summed E-state index contributed by atoms with van der Waals surface area (Å²) in [5.41, 5.74) is 7.23. The lowest BCUT2D eigenvalue weighted by Gasteiger charge is -2.16. The topological polar surface area (TPSA) is 26.0 Å². The van der Waals surface area contributed by atoms with E-state index in [1.54, 1.807) is 0 Å². The molecule has 0 spiro atoms. The van der Waals surface area contributed by atoms with Crippen LogP contribution in [0.4, 0.5) is 0 Å². The van der Waals surface area contributed by atoms with E-state index in [2.05, 4.69) is 44.2 Å². The molecule has 1 rings (SSSR count). The molecule has 2 N–H and O–H groups in total. The Balaban J connectivity index is 2.54. The molecule has 1 unspecified atom stereocenters. The van der Waals surface area contributed by atoms with Crippen molar-refractivity contribution in [3.05, 3.63) is 35.9 Å². The Kier molecular flexibility index (Phi) is 4.68. The second-order valence-corrected chi connectivity index (χ2v) is 4.07. The van der Waals surface area contributed by atoms with Crippen molar-refractivity contribution in [3.63, 3.8) is 0 Å². The molecule has 0 amide bonds. The van der Waals surface area contributed by atoms with Gasteiger partial charge in [-0.1, -0.05) is 37.3 Å². The Bertz CT molecular complexity index is 241. The van der Waals surface area contributed by atoms with Gasteiger partial charge < -0.3 is 5.73 Å². The van der Waals surface area contributed by atoms with Crippen molar-refractivity contribution in [1.82, 2.24) is 0 Å². The summed E-state index contributed by atoms with van der Waals surface area (Å²) in [4.78, 5) is 0. The fourth-order valence-corrected chi connectivity index (χ4v) is 1.80. The van der Waals surface area contributed by atoms with Crippen molar-refractivity contribution >= 4 is 0 Å². The van der Waals surface area contributed by atoms with Gasteiger partial charge in [0.15, 0.2) is 0 Å². The smallest absolute Gasteiger partial charge is 0.00106 e. The molecule has 0 fully saturated rings. The maximum atomic E-state index is 5.77. The van der Waals surface area contributed by atoms with E-state index in [4.69, 9.17) is 5.73 Å². The molecule has 2 atom stereocenters. The molecular weight excluding hydrogens is 170 g/mol. The predicted molar refractivity (Wildman–Crippen MR) is 62.4 cm³/mol. The van der Waals surface area contributed by atoms with Crippen LogP contribution < -0.4 is 5.73 Å². The van der Waals surface area contributed by atoms with Crippen LogP contribution in [-0.2, 0) is 0 Å². The normalized spacial score (nSPS) is 15.1. The van der Waals surface area contributed by atoms with E-state index in [-0.39, 0.29) is 0 Å². The van der Waals surface area contributed by atoms with Gasteiger partial charge in [0.1, 0.15) is 0 Å². The summed E-state index contributed by atoms with van der Waals surface area (Å²) < 4.78 is 0. The van der Waals surface area contributed by atoms with Crippen LogP contribution in [0.3, 0.4) is 0 Å². The van der Waals surface area contributed by atoms with Crippen LogP contribution in [0.15, 0.2) is 30.3 Å². The number of nitrogens with two attached hydrogens (primary N) is 1. The molecular formula is C13H21N. The third-order valence-corrected chi connectivity index (χ3v) is 2.73. The van der Waals surface area contributed by atoms with Gasteiger partial charge in [-0.25, -0.2) is 0 Å². The molecule has 1 heteroatoms. The van der Waals surface area contributed by atoms with E-state index in [1.165, 1.54) is 18.4 Å².